The number of methoxy groups -OCH3 is 1. The van der Waals surface area contributed by atoms with E-state index in [2.05, 4.69) is 72.7 Å². The van der Waals surface area contributed by atoms with Gasteiger partial charge in [0.1, 0.15) is 12.5 Å². The van der Waals surface area contributed by atoms with E-state index in [1.165, 1.54) is 11.1 Å². The zero-order chi connectivity index (χ0) is 43.8. The molecule has 10 heteroatoms. The van der Waals surface area contributed by atoms with Gasteiger partial charge in [-0.05, 0) is 150 Å². The SMILES string of the molecule is C=C(/C=C/C=C(/COCCO)[C@@H]1CC[C@]2([C@@H]1O)[C@@H]1C(=C(C)C=O)[C@@H](C=C[C@H]1CCO)C[C@]2(O)CCNC)[C@H]1Cc2cccc(c2)C[C@@](C)(CCOC)N[C@@H](O)C2=C[C@@H]1CCC2. The average molecular weight is 843 g/mol. The summed E-state index contributed by atoms with van der Waals surface area (Å²) in [7, 11) is 3.58. The van der Waals surface area contributed by atoms with Crippen LogP contribution in [0.4, 0.5) is 0 Å². The molecule has 5 aliphatic rings. The van der Waals surface area contributed by atoms with Gasteiger partial charge in [0, 0.05) is 43.1 Å². The monoisotopic (exact) mass is 843 g/mol. The summed E-state index contributed by atoms with van der Waals surface area (Å²) in [5.41, 5.74) is 4.39. The second-order valence-electron chi connectivity index (χ2n) is 19.0. The summed E-state index contributed by atoms with van der Waals surface area (Å²) in [4.78, 5) is 12.4. The molecule has 1 aromatic rings. The topological polar surface area (TPSA) is 161 Å². The van der Waals surface area contributed by atoms with E-state index in [9.17, 15) is 30.3 Å². The Morgan fingerprint density at radius 2 is 1.89 bits per heavy atom. The van der Waals surface area contributed by atoms with E-state index in [-0.39, 0.29) is 67.5 Å². The lowest BCUT2D eigenvalue weighted by molar-refractivity contribution is -0.194. The molecule has 336 valence electrons. The number of carbonyl (C=O) groups is 1. The first-order valence-electron chi connectivity index (χ1n) is 22.8. The molecular weight excluding hydrogens is 769 g/mol. The molecule has 0 unspecified atom stereocenters. The molecule has 6 rings (SSSR count). The van der Waals surface area contributed by atoms with Crippen molar-refractivity contribution in [2.75, 3.05) is 53.7 Å². The fourth-order valence-electron chi connectivity index (χ4n) is 12.2. The maximum absolute atomic E-state index is 13.0. The highest BCUT2D eigenvalue weighted by molar-refractivity contribution is 5.74. The highest BCUT2D eigenvalue weighted by Gasteiger charge is 2.68. The lowest BCUT2D eigenvalue weighted by Crippen LogP contribution is -2.65. The second kappa shape index (κ2) is 21.1. The number of benzene rings is 1. The lowest BCUT2D eigenvalue weighted by Gasteiger charge is -2.61. The number of carbonyl (C=O) groups excluding carboxylic acids is 1. The summed E-state index contributed by atoms with van der Waals surface area (Å²) in [5.74, 6) is -0.703. The van der Waals surface area contributed by atoms with Gasteiger partial charge in [-0.2, -0.15) is 0 Å². The van der Waals surface area contributed by atoms with Crippen LogP contribution in [0.5, 0.6) is 0 Å². The summed E-state index contributed by atoms with van der Waals surface area (Å²) in [6, 6.07) is 8.78. The van der Waals surface area contributed by atoms with Gasteiger partial charge in [-0.1, -0.05) is 78.4 Å². The first kappa shape index (κ1) is 47.4. The molecule has 2 fully saturated rings. The fourth-order valence-corrected chi connectivity index (χ4v) is 12.2. The molecule has 0 radical (unpaired) electrons. The van der Waals surface area contributed by atoms with E-state index in [0.717, 1.165) is 67.1 Å². The van der Waals surface area contributed by atoms with Gasteiger partial charge < -0.3 is 40.3 Å². The van der Waals surface area contributed by atoms with E-state index in [1.807, 2.05) is 26.1 Å². The molecule has 1 spiro atoms. The first-order chi connectivity index (χ1) is 29.4. The number of rotatable bonds is 17. The van der Waals surface area contributed by atoms with Crippen molar-refractivity contribution >= 4 is 6.29 Å². The molecule has 1 aromatic carbocycles. The minimum Gasteiger partial charge on any atom is -0.396 e. The zero-order valence-electron chi connectivity index (χ0n) is 37.2. The largest absolute Gasteiger partial charge is 0.396 e. The third-order valence-electron chi connectivity index (χ3n) is 15.2. The van der Waals surface area contributed by atoms with E-state index in [4.69, 9.17) is 9.47 Å². The van der Waals surface area contributed by atoms with Crippen molar-refractivity contribution in [2.24, 2.45) is 40.9 Å². The number of aldehydes is 1. The molecule has 11 atom stereocenters. The predicted octanol–water partition coefficient (Wildman–Crippen LogP) is 5.70. The van der Waals surface area contributed by atoms with E-state index >= 15 is 0 Å². The van der Waals surface area contributed by atoms with Crippen molar-refractivity contribution in [3.63, 3.8) is 0 Å². The second-order valence-corrected chi connectivity index (χ2v) is 19.0. The van der Waals surface area contributed by atoms with E-state index in [0.29, 0.717) is 50.8 Å². The van der Waals surface area contributed by atoms with Crippen LogP contribution < -0.4 is 10.6 Å². The highest BCUT2D eigenvalue weighted by Crippen LogP contribution is 2.67. The highest BCUT2D eigenvalue weighted by atomic mass is 16.5. The summed E-state index contributed by atoms with van der Waals surface area (Å²) >= 11 is 0. The number of hydrogen-bond donors (Lipinski definition) is 7. The summed E-state index contributed by atoms with van der Waals surface area (Å²) < 4.78 is 11.5. The maximum Gasteiger partial charge on any atom is 0.145 e. The Morgan fingerprint density at radius 1 is 1.08 bits per heavy atom. The van der Waals surface area contributed by atoms with Crippen molar-refractivity contribution < 1.29 is 39.8 Å². The Kier molecular flexibility index (Phi) is 16.4. The minimum atomic E-state index is -1.24. The summed E-state index contributed by atoms with van der Waals surface area (Å²) in [6.45, 7) is 10.0. The smallest absolute Gasteiger partial charge is 0.145 e. The Hall–Kier alpha value is -3.03. The molecule has 1 heterocycles. The molecule has 4 aliphatic carbocycles. The summed E-state index contributed by atoms with van der Waals surface area (Å²) in [5, 5.41) is 64.2. The Bertz CT molecular complexity index is 1830. The van der Waals surface area contributed by atoms with Gasteiger partial charge in [-0.15, -0.1) is 0 Å². The number of nitrogens with one attached hydrogen (secondary N) is 2. The van der Waals surface area contributed by atoms with Gasteiger partial charge in [0.25, 0.3) is 0 Å². The van der Waals surface area contributed by atoms with Gasteiger partial charge in [-0.3, -0.25) is 10.1 Å². The lowest BCUT2D eigenvalue weighted by atomic mass is 9.45. The minimum absolute atomic E-state index is 0.0425. The van der Waals surface area contributed by atoms with Crippen LogP contribution in [0.25, 0.3) is 0 Å². The molecule has 6 bridgehead atoms. The van der Waals surface area contributed by atoms with E-state index < -0.39 is 23.3 Å². The normalized spacial score (nSPS) is 36.1. The number of allylic oxidation sites excluding steroid dienone is 9. The number of hydrogen-bond acceptors (Lipinski definition) is 10. The summed E-state index contributed by atoms with van der Waals surface area (Å²) in [6.07, 6.45) is 19.4. The molecule has 2 saturated carbocycles. The number of aliphatic hydroxyl groups excluding tert-OH is 4. The van der Waals surface area contributed by atoms with Crippen LogP contribution in [0.15, 0.2) is 95.2 Å². The molecule has 0 saturated heterocycles. The van der Waals surface area contributed by atoms with Crippen LogP contribution in [0.3, 0.4) is 0 Å². The molecule has 0 aromatic heterocycles. The van der Waals surface area contributed by atoms with Crippen molar-refractivity contribution in [1.82, 2.24) is 10.6 Å². The third-order valence-corrected chi connectivity index (χ3v) is 15.2. The molecule has 7 N–H and O–H groups in total. The van der Waals surface area contributed by atoms with Crippen molar-refractivity contribution in [1.29, 1.82) is 0 Å². The Morgan fingerprint density at radius 3 is 2.62 bits per heavy atom. The number of ether oxygens (including phenoxy) is 2. The van der Waals surface area contributed by atoms with Crippen LogP contribution in [0.1, 0.15) is 82.8 Å². The quantitative estimate of drug-likeness (QED) is 0.0341. The molecule has 10 nitrogen and oxygen atoms in total. The first-order valence-corrected chi connectivity index (χ1v) is 22.8. The zero-order valence-corrected chi connectivity index (χ0v) is 37.2. The van der Waals surface area contributed by atoms with Gasteiger partial charge in [0.05, 0.1) is 31.5 Å². The fraction of sp³-hybridized carbons (Fsp3) is 0.627. The van der Waals surface area contributed by atoms with Crippen molar-refractivity contribution in [3.05, 3.63) is 106 Å². The van der Waals surface area contributed by atoms with Gasteiger partial charge in [0.15, 0.2) is 0 Å². The molecular formula is C51H74N2O8. The van der Waals surface area contributed by atoms with Crippen LogP contribution in [-0.4, -0.2) is 109 Å². The Balaban J connectivity index is 1.34. The van der Waals surface area contributed by atoms with Crippen LogP contribution in [0, 0.1) is 40.9 Å². The maximum atomic E-state index is 13.0. The van der Waals surface area contributed by atoms with E-state index in [1.54, 1.807) is 7.11 Å². The Labute approximate surface area is 364 Å². The molecule has 61 heavy (non-hydrogen) atoms. The van der Waals surface area contributed by atoms with Gasteiger partial charge >= 0.3 is 0 Å². The van der Waals surface area contributed by atoms with Gasteiger partial charge in [-0.25, -0.2) is 0 Å². The van der Waals surface area contributed by atoms with Crippen molar-refractivity contribution in [2.45, 2.75) is 108 Å². The standard InChI is InChI=1S/C51H74N2O8/c1-34(44-28-36-10-7-11-37(27-36)30-49(3,21-25-60-5)53-48(58)40-13-8-12-39(44)29-40)9-6-14-42(33-61-26-24-55)43-17-19-51(47(43)57)46-38(18-23-54)15-16-41(45(46)35(2)32-56)31-50(51,59)20-22-52-4/h6-7,9-11,14-16,27,29,32,38-39,41,43-44,46-48,52-55,57-59H,1,8,12-13,17-26,28,30-31,33H2,2-5H3/b9-6+,42-14-,45-35?/t38-,39-,41-,43-,44+,46-,47+,48-,49+,50+,51+/m0/s1. The predicted molar refractivity (Wildman–Crippen MR) is 240 cm³/mol. The van der Waals surface area contributed by atoms with Crippen LogP contribution in [0.2, 0.25) is 0 Å². The van der Waals surface area contributed by atoms with Crippen LogP contribution in [-0.2, 0) is 27.1 Å². The van der Waals surface area contributed by atoms with Gasteiger partial charge in [0.2, 0.25) is 0 Å². The van der Waals surface area contributed by atoms with Crippen LogP contribution >= 0.6 is 0 Å². The molecule has 1 aliphatic heterocycles. The number of fused-ring (bicyclic) bond motifs is 6. The number of aliphatic hydroxyl groups is 5. The van der Waals surface area contributed by atoms with Crippen molar-refractivity contribution in [3.8, 4) is 0 Å². The molecule has 0 amide bonds. The average Bonchev–Trinajstić information content (AvgIpc) is 3.60. The third kappa shape index (κ3) is 10.2.